The summed E-state index contributed by atoms with van der Waals surface area (Å²) in [6, 6.07) is 19.9. The molecule has 3 aromatic rings. The Labute approximate surface area is 205 Å². The summed E-state index contributed by atoms with van der Waals surface area (Å²) >= 11 is 0. The van der Waals surface area contributed by atoms with Gasteiger partial charge in [0.25, 0.3) is 15.9 Å². The number of benzene rings is 3. The molecule has 8 nitrogen and oxygen atoms in total. The van der Waals surface area contributed by atoms with Crippen molar-refractivity contribution in [2.45, 2.75) is 31.8 Å². The lowest BCUT2D eigenvalue weighted by molar-refractivity contribution is -0.123. The van der Waals surface area contributed by atoms with E-state index >= 15 is 0 Å². The molecule has 35 heavy (non-hydrogen) atoms. The van der Waals surface area contributed by atoms with Gasteiger partial charge in [-0.15, -0.1) is 0 Å². The minimum Gasteiger partial charge on any atom is -0.495 e. The Bertz CT molecular complexity index is 1310. The van der Waals surface area contributed by atoms with E-state index in [0.717, 1.165) is 0 Å². The quantitative estimate of drug-likeness (QED) is 0.441. The molecule has 0 saturated carbocycles. The van der Waals surface area contributed by atoms with Crippen molar-refractivity contribution in [3.63, 3.8) is 0 Å². The second-order valence-electron chi connectivity index (χ2n) is 7.72. The van der Waals surface area contributed by atoms with Crippen LogP contribution in [0.2, 0.25) is 0 Å². The smallest absolute Gasteiger partial charge is 0.338 e. The van der Waals surface area contributed by atoms with Gasteiger partial charge in [0, 0.05) is 6.54 Å². The average molecular weight is 497 g/mol. The van der Waals surface area contributed by atoms with Crippen LogP contribution in [0.5, 0.6) is 5.75 Å². The topological polar surface area (TPSA) is 102 Å². The summed E-state index contributed by atoms with van der Waals surface area (Å²) in [5, 5.41) is 2.66. The number of para-hydroxylation sites is 3. The Morgan fingerprint density at radius 1 is 1.00 bits per heavy atom. The lowest BCUT2D eigenvalue weighted by Gasteiger charge is -2.24. The zero-order chi connectivity index (χ0) is 25.6. The van der Waals surface area contributed by atoms with Crippen molar-refractivity contribution in [2.75, 3.05) is 23.3 Å². The van der Waals surface area contributed by atoms with Crippen LogP contribution in [0.15, 0.2) is 77.7 Å². The van der Waals surface area contributed by atoms with Crippen molar-refractivity contribution in [1.29, 1.82) is 0 Å². The third-order valence-electron chi connectivity index (χ3n) is 5.34. The van der Waals surface area contributed by atoms with Crippen LogP contribution in [0.1, 0.15) is 29.8 Å². The van der Waals surface area contributed by atoms with Crippen molar-refractivity contribution in [3.8, 4) is 5.75 Å². The summed E-state index contributed by atoms with van der Waals surface area (Å²) < 4.78 is 38.7. The molecular formula is C26H28N2O6S. The number of hydrogen-bond donors (Lipinski definition) is 1. The molecule has 3 rings (SSSR count). The molecule has 1 N–H and O–H groups in total. The Hall–Kier alpha value is -3.85. The summed E-state index contributed by atoms with van der Waals surface area (Å²) in [6.45, 7) is 5.04. The number of anilines is 2. The Balaban J connectivity index is 1.81. The second kappa shape index (κ2) is 11.1. The molecule has 0 unspecified atom stereocenters. The van der Waals surface area contributed by atoms with Crippen molar-refractivity contribution < 1.29 is 27.5 Å². The number of rotatable bonds is 9. The number of esters is 1. The lowest BCUT2D eigenvalue weighted by Crippen LogP contribution is -2.32. The number of nitrogens with zero attached hydrogens (tertiary/aromatic N) is 1. The number of methoxy groups -OCH3 is 1. The van der Waals surface area contributed by atoms with Gasteiger partial charge in [0.05, 0.1) is 28.9 Å². The summed E-state index contributed by atoms with van der Waals surface area (Å²) in [6.07, 6.45) is -1.13. The first kappa shape index (κ1) is 25.8. The van der Waals surface area contributed by atoms with Crippen LogP contribution in [0.3, 0.4) is 0 Å². The number of amides is 1. The van der Waals surface area contributed by atoms with Gasteiger partial charge in [0.2, 0.25) is 0 Å². The number of sulfonamides is 1. The number of carbonyl (C=O) groups excluding carboxylic acids is 2. The zero-order valence-corrected chi connectivity index (χ0v) is 20.8. The first-order chi connectivity index (χ1) is 16.7. The molecule has 1 amide bonds. The minimum atomic E-state index is -3.95. The van der Waals surface area contributed by atoms with E-state index in [0.29, 0.717) is 22.7 Å². The highest BCUT2D eigenvalue weighted by molar-refractivity contribution is 7.92. The van der Waals surface area contributed by atoms with Gasteiger partial charge in [-0.2, -0.15) is 0 Å². The molecule has 3 aromatic carbocycles. The number of carbonyl (C=O) groups is 2. The van der Waals surface area contributed by atoms with Crippen molar-refractivity contribution in [1.82, 2.24) is 0 Å². The maximum Gasteiger partial charge on any atom is 0.338 e. The van der Waals surface area contributed by atoms with Crippen LogP contribution < -0.4 is 14.4 Å². The van der Waals surface area contributed by atoms with Crippen LogP contribution in [-0.4, -0.2) is 40.1 Å². The van der Waals surface area contributed by atoms with Crippen LogP contribution in [0, 0.1) is 6.92 Å². The normalized spacial score (nSPS) is 11.9. The maximum atomic E-state index is 13.5. The van der Waals surface area contributed by atoms with Crippen molar-refractivity contribution in [2.24, 2.45) is 0 Å². The van der Waals surface area contributed by atoms with Crippen molar-refractivity contribution >= 4 is 33.3 Å². The number of aryl methyl sites for hydroxylation is 1. The van der Waals surface area contributed by atoms with Gasteiger partial charge in [-0.3, -0.25) is 9.10 Å². The first-order valence-corrected chi connectivity index (χ1v) is 12.5. The Kier molecular flexibility index (Phi) is 8.14. The molecule has 0 heterocycles. The molecule has 184 valence electrons. The third-order valence-corrected chi connectivity index (χ3v) is 7.39. The highest BCUT2D eigenvalue weighted by Crippen LogP contribution is 2.27. The highest BCUT2D eigenvalue weighted by atomic mass is 32.2. The standard InChI is InChI=1S/C26H28N2O6S/c1-5-28(21-11-7-6-8-12-21)35(31,32)24-17-20(16-15-18(24)2)26(30)34-19(3)25(29)27-22-13-9-10-14-23(22)33-4/h6-17,19H,5H2,1-4H3,(H,27,29)/t19-/m1/s1. The predicted octanol–water partition coefficient (Wildman–Crippen LogP) is 4.40. The van der Waals surface area contributed by atoms with Crippen LogP contribution in [0.25, 0.3) is 0 Å². The fourth-order valence-corrected chi connectivity index (χ4v) is 5.20. The van der Waals surface area contributed by atoms with Gasteiger partial charge in [0.1, 0.15) is 5.75 Å². The van der Waals surface area contributed by atoms with Gasteiger partial charge in [0.15, 0.2) is 6.10 Å². The van der Waals surface area contributed by atoms with E-state index in [-0.39, 0.29) is 17.0 Å². The van der Waals surface area contributed by atoms with Crippen LogP contribution in [-0.2, 0) is 19.6 Å². The monoisotopic (exact) mass is 496 g/mol. The minimum absolute atomic E-state index is 0.0104. The molecule has 0 bridgehead atoms. The van der Waals surface area contributed by atoms with Gasteiger partial charge < -0.3 is 14.8 Å². The molecule has 0 spiro atoms. The lowest BCUT2D eigenvalue weighted by atomic mass is 10.1. The highest BCUT2D eigenvalue weighted by Gasteiger charge is 2.27. The molecule has 0 fully saturated rings. The van der Waals surface area contributed by atoms with E-state index < -0.39 is 28.0 Å². The van der Waals surface area contributed by atoms with Gasteiger partial charge in [-0.05, 0) is 62.7 Å². The summed E-state index contributed by atoms with van der Waals surface area (Å²) in [4.78, 5) is 25.4. The Morgan fingerprint density at radius 3 is 2.31 bits per heavy atom. The average Bonchev–Trinajstić information content (AvgIpc) is 2.85. The van der Waals surface area contributed by atoms with E-state index in [1.54, 1.807) is 74.5 Å². The van der Waals surface area contributed by atoms with E-state index in [1.807, 2.05) is 0 Å². The third kappa shape index (κ3) is 5.81. The van der Waals surface area contributed by atoms with Crippen molar-refractivity contribution in [3.05, 3.63) is 83.9 Å². The molecule has 0 aliphatic carbocycles. The molecule has 0 radical (unpaired) electrons. The van der Waals surface area contributed by atoms with Gasteiger partial charge >= 0.3 is 5.97 Å². The number of nitrogens with one attached hydrogen (secondary N) is 1. The number of ether oxygens (including phenoxy) is 2. The second-order valence-corrected chi connectivity index (χ2v) is 9.55. The van der Waals surface area contributed by atoms with E-state index in [4.69, 9.17) is 9.47 Å². The Morgan fingerprint density at radius 2 is 1.66 bits per heavy atom. The van der Waals surface area contributed by atoms with Crippen LogP contribution in [0.4, 0.5) is 11.4 Å². The molecule has 0 aliphatic rings. The summed E-state index contributed by atoms with van der Waals surface area (Å²) in [5.41, 5.74) is 1.46. The molecular weight excluding hydrogens is 468 g/mol. The molecule has 0 aliphatic heterocycles. The number of hydrogen-bond acceptors (Lipinski definition) is 6. The van der Waals surface area contributed by atoms with Gasteiger partial charge in [-0.25, -0.2) is 13.2 Å². The summed E-state index contributed by atoms with van der Waals surface area (Å²) in [7, 11) is -2.47. The maximum absolute atomic E-state index is 13.5. The predicted molar refractivity (Wildman–Crippen MR) is 134 cm³/mol. The summed E-state index contributed by atoms with van der Waals surface area (Å²) in [5.74, 6) is -0.900. The van der Waals surface area contributed by atoms with Crippen LogP contribution >= 0.6 is 0 Å². The zero-order valence-electron chi connectivity index (χ0n) is 20.0. The van der Waals surface area contributed by atoms with E-state index in [2.05, 4.69) is 5.32 Å². The first-order valence-electron chi connectivity index (χ1n) is 11.0. The van der Waals surface area contributed by atoms with E-state index in [1.165, 1.54) is 30.5 Å². The molecule has 0 saturated heterocycles. The van der Waals surface area contributed by atoms with Gasteiger partial charge in [-0.1, -0.05) is 36.4 Å². The SMILES string of the molecule is CCN(c1ccccc1)S(=O)(=O)c1cc(C(=O)O[C@H](C)C(=O)Nc2ccccc2OC)ccc1C. The molecule has 1 atom stereocenters. The molecule has 9 heteroatoms. The largest absolute Gasteiger partial charge is 0.495 e. The molecule has 0 aromatic heterocycles. The fourth-order valence-electron chi connectivity index (χ4n) is 3.47. The van der Waals surface area contributed by atoms with E-state index in [9.17, 15) is 18.0 Å². The fraction of sp³-hybridized carbons (Fsp3) is 0.231.